The quantitative estimate of drug-likeness (QED) is 0.651. The summed E-state index contributed by atoms with van der Waals surface area (Å²) in [6.45, 7) is 6.52. The lowest BCUT2D eigenvalue weighted by molar-refractivity contribution is 0.194. The van der Waals surface area contributed by atoms with Gasteiger partial charge in [-0.3, -0.25) is 10.3 Å². The van der Waals surface area contributed by atoms with E-state index in [9.17, 15) is 0 Å². The number of hydrogen-bond acceptors (Lipinski definition) is 4. The fourth-order valence-electron chi connectivity index (χ4n) is 2.96. The molecule has 1 aromatic rings. The van der Waals surface area contributed by atoms with Crippen molar-refractivity contribution in [1.82, 2.24) is 9.80 Å². The summed E-state index contributed by atoms with van der Waals surface area (Å²) in [6, 6.07) is 6.47. The molecule has 1 unspecified atom stereocenters. The number of nitrogens with two attached hydrogens (primary N) is 1. The van der Waals surface area contributed by atoms with Crippen LogP contribution in [0.15, 0.2) is 18.2 Å². The Hall–Kier alpha value is -1.59. The summed E-state index contributed by atoms with van der Waals surface area (Å²) >= 11 is 0. The van der Waals surface area contributed by atoms with Crippen molar-refractivity contribution in [3.05, 3.63) is 29.3 Å². The molecule has 1 aliphatic rings. The van der Waals surface area contributed by atoms with Gasteiger partial charge >= 0.3 is 0 Å². The van der Waals surface area contributed by atoms with Crippen LogP contribution in [0.25, 0.3) is 0 Å². The first kappa shape index (κ1) is 15.8. The average Bonchev–Trinajstić information content (AvgIpc) is 2.60. The van der Waals surface area contributed by atoms with Gasteiger partial charge in [0.05, 0.1) is 12.7 Å². The number of ether oxygens (including phenoxy) is 1. The van der Waals surface area contributed by atoms with Crippen molar-refractivity contribution in [3.63, 3.8) is 0 Å². The van der Waals surface area contributed by atoms with Crippen LogP contribution in [-0.2, 0) is 6.54 Å². The highest BCUT2D eigenvalue weighted by atomic mass is 16.5. The Labute approximate surface area is 127 Å². The highest BCUT2D eigenvalue weighted by Gasteiger charge is 2.20. The molecule has 1 heterocycles. The predicted octanol–water partition coefficient (Wildman–Crippen LogP) is 1.51. The second-order valence-electron chi connectivity index (χ2n) is 5.88. The minimum Gasteiger partial charge on any atom is -0.496 e. The van der Waals surface area contributed by atoms with Gasteiger partial charge in [0.15, 0.2) is 0 Å². The van der Waals surface area contributed by atoms with E-state index in [4.69, 9.17) is 15.9 Å². The lowest BCUT2D eigenvalue weighted by atomic mass is 10.1. The van der Waals surface area contributed by atoms with E-state index in [0.717, 1.165) is 26.2 Å². The van der Waals surface area contributed by atoms with Gasteiger partial charge in [-0.15, -0.1) is 0 Å². The average molecular weight is 290 g/mol. The first-order chi connectivity index (χ1) is 10.0. The summed E-state index contributed by atoms with van der Waals surface area (Å²) in [4.78, 5) is 4.88. The Kier molecular flexibility index (Phi) is 5.20. The van der Waals surface area contributed by atoms with Crippen molar-refractivity contribution in [2.24, 2.45) is 5.73 Å². The summed E-state index contributed by atoms with van der Waals surface area (Å²) in [6.07, 6.45) is 1.19. The molecule has 21 heavy (non-hydrogen) atoms. The molecule has 5 heteroatoms. The maximum Gasteiger partial charge on any atom is 0.129 e. The number of amidine groups is 1. The molecule has 0 aromatic heterocycles. The molecule has 0 aliphatic carbocycles. The second kappa shape index (κ2) is 6.91. The minimum atomic E-state index is 0.0531. The first-order valence-electron chi connectivity index (χ1n) is 7.45. The number of nitrogens with zero attached hydrogens (tertiary/aromatic N) is 2. The number of rotatable bonds is 4. The largest absolute Gasteiger partial charge is 0.496 e. The maximum atomic E-state index is 7.67. The lowest BCUT2D eigenvalue weighted by Gasteiger charge is -2.28. The van der Waals surface area contributed by atoms with Crippen LogP contribution >= 0.6 is 0 Å². The van der Waals surface area contributed by atoms with E-state index in [2.05, 4.69) is 29.8 Å². The van der Waals surface area contributed by atoms with Crippen molar-refractivity contribution in [2.75, 3.05) is 33.8 Å². The third-order valence-corrected chi connectivity index (χ3v) is 4.12. The van der Waals surface area contributed by atoms with Gasteiger partial charge in [-0.2, -0.15) is 0 Å². The van der Waals surface area contributed by atoms with Crippen LogP contribution in [-0.4, -0.2) is 55.5 Å². The second-order valence-corrected chi connectivity index (χ2v) is 5.88. The SMILES string of the molecule is COc1ccc(CN2CCCN(C)CC2C)cc1C(=N)N. The molecule has 1 atom stereocenters. The molecule has 3 N–H and O–H groups in total. The van der Waals surface area contributed by atoms with Gasteiger partial charge in [0.1, 0.15) is 11.6 Å². The van der Waals surface area contributed by atoms with Gasteiger partial charge in [0, 0.05) is 25.7 Å². The normalized spacial score (nSPS) is 21.0. The summed E-state index contributed by atoms with van der Waals surface area (Å²) < 4.78 is 5.27. The van der Waals surface area contributed by atoms with Crippen molar-refractivity contribution < 1.29 is 4.74 Å². The number of methoxy groups -OCH3 is 1. The molecule has 0 radical (unpaired) electrons. The van der Waals surface area contributed by atoms with E-state index < -0.39 is 0 Å². The molecular formula is C16H26N4O. The van der Waals surface area contributed by atoms with Crippen LogP contribution in [0.1, 0.15) is 24.5 Å². The Bertz CT molecular complexity index is 503. The standard InChI is InChI=1S/C16H26N4O/c1-12-10-19(2)7-4-8-20(12)11-13-5-6-15(21-3)14(9-13)16(17)18/h5-6,9,12H,4,7-8,10-11H2,1-3H3,(H3,17,18). The van der Waals surface area contributed by atoms with Crippen LogP contribution in [0, 0.1) is 5.41 Å². The third-order valence-electron chi connectivity index (χ3n) is 4.12. The fourth-order valence-corrected chi connectivity index (χ4v) is 2.96. The van der Waals surface area contributed by atoms with Gasteiger partial charge < -0.3 is 15.4 Å². The van der Waals surface area contributed by atoms with E-state index in [1.165, 1.54) is 12.0 Å². The molecule has 1 saturated heterocycles. The number of nitrogen functional groups attached to an aromatic ring is 1. The van der Waals surface area contributed by atoms with E-state index >= 15 is 0 Å². The Morgan fingerprint density at radius 1 is 1.43 bits per heavy atom. The number of likely N-dealkylation sites (N-methyl/N-ethyl adjacent to an activating group) is 1. The number of nitrogens with one attached hydrogen (secondary N) is 1. The van der Waals surface area contributed by atoms with Gasteiger partial charge in [-0.1, -0.05) is 6.07 Å². The molecule has 0 saturated carbocycles. The van der Waals surface area contributed by atoms with E-state index in [1.54, 1.807) is 7.11 Å². The first-order valence-corrected chi connectivity index (χ1v) is 7.45. The monoisotopic (exact) mass is 290 g/mol. The molecule has 5 nitrogen and oxygen atoms in total. The minimum absolute atomic E-state index is 0.0531. The molecule has 2 rings (SSSR count). The molecule has 1 aromatic carbocycles. The van der Waals surface area contributed by atoms with Gasteiger partial charge in [-0.05, 0) is 44.6 Å². The van der Waals surface area contributed by atoms with Gasteiger partial charge in [-0.25, -0.2) is 0 Å². The van der Waals surface area contributed by atoms with Gasteiger partial charge in [0.25, 0.3) is 0 Å². The zero-order valence-corrected chi connectivity index (χ0v) is 13.2. The smallest absolute Gasteiger partial charge is 0.129 e. The molecule has 1 aliphatic heterocycles. The van der Waals surface area contributed by atoms with Crippen molar-refractivity contribution >= 4 is 5.84 Å². The van der Waals surface area contributed by atoms with Crippen LogP contribution in [0.2, 0.25) is 0 Å². The van der Waals surface area contributed by atoms with Crippen LogP contribution in [0.5, 0.6) is 5.75 Å². The topological polar surface area (TPSA) is 65.6 Å². The molecule has 0 amide bonds. The molecule has 0 spiro atoms. The summed E-state index contributed by atoms with van der Waals surface area (Å²) in [5.74, 6) is 0.715. The number of hydrogen-bond donors (Lipinski definition) is 2. The third kappa shape index (κ3) is 3.95. The zero-order valence-electron chi connectivity index (χ0n) is 13.2. The molecular weight excluding hydrogens is 264 g/mol. The molecule has 0 bridgehead atoms. The summed E-state index contributed by atoms with van der Waals surface area (Å²) in [5.41, 5.74) is 7.50. The predicted molar refractivity (Wildman–Crippen MR) is 86.0 cm³/mol. The Balaban J connectivity index is 2.15. The number of benzene rings is 1. The van der Waals surface area contributed by atoms with Crippen molar-refractivity contribution in [2.45, 2.75) is 25.9 Å². The fraction of sp³-hybridized carbons (Fsp3) is 0.562. The van der Waals surface area contributed by atoms with Crippen LogP contribution in [0.3, 0.4) is 0 Å². The van der Waals surface area contributed by atoms with E-state index in [0.29, 0.717) is 17.4 Å². The zero-order chi connectivity index (χ0) is 15.4. The molecule has 1 fully saturated rings. The van der Waals surface area contributed by atoms with Crippen molar-refractivity contribution in [1.29, 1.82) is 5.41 Å². The lowest BCUT2D eigenvalue weighted by Crippen LogP contribution is -2.37. The Morgan fingerprint density at radius 3 is 2.86 bits per heavy atom. The van der Waals surface area contributed by atoms with Crippen LogP contribution < -0.4 is 10.5 Å². The van der Waals surface area contributed by atoms with E-state index in [-0.39, 0.29) is 5.84 Å². The van der Waals surface area contributed by atoms with E-state index in [1.807, 2.05) is 12.1 Å². The van der Waals surface area contributed by atoms with Crippen molar-refractivity contribution in [3.8, 4) is 5.75 Å². The summed E-state index contributed by atoms with van der Waals surface area (Å²) in [5, 5.41) is 7.67. The Morgan fingerprint density at radius 2 is 2.19 bits per heavy atom. The highest BCUT2D eigenvalue weighted by Crippen LogP contribution is 2.21. The molecule has 116 valence electrons. The maximum absolute atomic E-state index is 7.67. The van der Waals surface area contributed by atoms with Gasteiger partial charge in [0.2, 0.25) is 0 Å². The highest BCUT2D eigenvalue weighted by molar-refractivity contribution is 5.97. The summed E-state index contributed by atoms with van der Waals surface area (Å²) in [7, 11) is 3.79. The van der Waals surface area contributed by atoms with Crippen LogP contribution in [0.4, 0.5) is 0 Å².